The van der Waals surface area contributed by atoms with Gasteiger partial charge < -0.3 is 10.5 Å². The maximum atomic E-state index is 13.3. The summed E-state index contributed by atoms with van der Waals surface area (Å²) in [6, 6.07) is 1.02. The van der Waals surface area contributed by atoms with E-state index in [4.69, 9.17) is 5.73 Å². The average Bonchev–Trinajstić information content (AvgIpc) is 2.27. The van der Waals surface area contributed by atoms with Gasteiger partial charge in [-0.25, -0.2) is 18.6 Å². The topological polar surface area (TPSA) is 65.2 Å². The van der Waals surface area contributed by atoms with E-state index in [1.54, 1.807) is 6.92 Å². The molecule has 0 saturated heterocycles. The number of alkyl halides is 2. The summed E-state index contributed by atoms with van der Waals surface area (Å²) in [5.74, 6) is -2.27. The van der Waals surface area contributed by atoms with Crippen molar-refractivity contribution in [2.45, 2.75) is 19.9 Å². The molecule has 1 rings (SSSR count). The first-order valence-corrected chi connectivity index (χ1v) is 4.85. The highest BCUT2D eigenvalue weighted by atomic mass is 19.3. The van der Waals surface area contributed by atoms with Crippen molar-refractivity contribution in [2.75, 3.05) is 6.61 Å². The molecule has 0 bridgehead atoms. The molecule has 0 fully saturated rings. The van der Waals surface area contributed by atoms with Crippen molar-refractivity contribution in [3.63, 3.8) is 0 Å². The Morgan fingerprint density at radius 2 is 2.24 bits per heavy atom. The summed E-state index contributed by atoms with van der Waals surface area (Å²) in [6.07, 6.45) is -3.03. The number of rotatable bonds is 4. The van der Waals surface area contributed by atoms with Crippen LogP contribution >= 0.6 is 0 Å². The summed E-state index contributed by atoms with van der Waals surface area (Å²) >= 11 is 0. The number of hydrogen-bond donors (Lipinski definition) is 1. The minimum atomic E-state index is -3.03. The molecule has 17 heavy (non-hydrogen) atoms. The molecule has 94 valence electrons. The molecular formula is C10H11F3N2O2. The second-order valence-corrected chi connectivity index (χ2v) is 3.10. The highest BCUT2D eigenvalue weighted by Crippen LogP contribution is 2.25. The van der Waals surface area contributed by atoms with Gasteiger partial charge in [0.25, 0.3) is 6.43 Å². The number of esters is 1. The zero-order valence-electron chi connectivity index (χ0n) is 9.04. The Hall–Kier alpha value is -1.63. The smallest absolute Gasteiger partial charge is 0.357 e. The van der Waals surface area contributed by atoms with E-state index in [9.17, 15) is 18.0 Å². The van der Waals surface area contributed by atoms with E-state index in [1.807, 2.05) is 0 Å². The van der Waals surface area contributed by atoms with Gasteiger partial charge in [-0.2, -0.15) is 4.39 Å². The van der Waals surface area contributed by atoms with Gasteiger partial charge in [0.05, 0.1) is 12.2 Å². The third-order valence-electron chi connectivity index (χ3n) is 2.02. The van der Waals surface area contributed by atoms with E-state index in [1.165, 1.54) is 0 Å². The first kappa shape index (κ1) is 13.4. The molecule has 0 spiro atoms. The molecular weight excluding hydrogens is 237 g/mol. The molecule has 0 aromatic carbocycles. The van der Waals surface area contributed by atoms with Gasteiger partial charge in [0.2, 0.25) is 5.95 Å². The van der Waals surface area contributed by atoms with Crippen LogP contribution in [0.5, 0.6) is 0 Å². The maximum absolute atomic E-state index is 13.3. The number of carbonyl (C=O) groups excluding carboxylic acids is 1. The van der Waals surface area contributed by atoms with E-state index in [0.29, 0.717) is 0 Å². The van der Waals surface area contributed by atoms with E-state index in [0.717, 1.165) is 6.07 Å². The second-order valence-electron chi connectivity index (χ2n) is 3.10. The molecule has 0 saturated carbocycles. The van der Waals surface area contributed by atoms with Crippen molar-refractivity contribution in [2.24, 2.45) is 5.73 Å². The number of halogens is 3. The van der Waals surface area contributed by atoms with Crippen LogP contribution < -0.4 is 5.73 Å². The molecule has 2 N–H and O–H groups in total. The van der Waals surface area contributed by atoms with Gasteiger partial charge >= 0.3 is 5.97 Å². The van der Waals surface area contributed by atoms with Crippen molar-refractivity contribution >= 4 is 5.97 Å². The number of nitrogens with two attached hydrogens (primary N) is 1. The Balaban J connectivity index is 3.22. The monoisotopic (exact) mass is 248 g/mol. The zero-order valence-corrected chi connectivity index (χ0v) is 9.04. The molecule has 0 unspecified atom stereocenters. The Morgan fingerprint density at radius 1 is 1.59 bits per heavy atom. The molecule has 1 heterocycles. The van der Waals surface area contributed by atoms with Gasteiger partial charge in [0, 0.05) is 6.54 Å². The molecule has 0 atom stereocenters. The van der Waals surface area contributed by atoms with E-state index < -0.39 is 23.9 Å². The van der Waals surface area contributed by atoms with Crippen LogP contribution in [0.1, 0.15) is 35.0 Å². The number of aromatic nitrogens is 1. The number of hydrogen-bond acceptors (Lipinski definition) is 4. The molecule has 0 aliphatic rings. The van der Waals surface area contributed by atoms with Crippen LogP contribution in [0.4, 0.5) is 13.2 Å². The lowest BCUT2D eigenvalue weighted by Crippen LogP contribution is -2.13. The molecule has 0 aliphatic carbocycles. The lowest BCUT2D eigenvalue weighted by molar-refractivity contribution is 0.0516. The third-order valence-corrected chi connectivity index (χ3v) is 2.02. The summed E-state index contributed by atoms with van der Waals surface area (Å²) in [4.78, 5) is 14.4. The summed E-state index contributed by atoms with van der Waals surface area (Å²) < 4.78 is 42.9. The second kappa shape index (κ2) is 5.62. The number of carbonyl (C=O) groups is 1. The van der Waals surface area contributed by atoms with Crippen LogP contribution in [-0.2, 0) is 11.3 Å². The number of pyridine rings is 1. The fourth-order valence-corrected chi connectivity index (χ4v) is 1.28. The van der Waals surface area contributed by atoms with Crippen molar-refractivity contribution in [1.82, 2.24) is 4.98 Å². The van der Waals surface area contributed by atoms with Gasteiger partial charge in [-0.05, 0) is 18.6 Å². The average molecular weight is 248 g/mol. The van der Waals surface area contributed by atoms with Gasteiger partial charge in [0.1, 0.15) is 0 Å². The van der Waals surface area contributed by atoms with E-state index in [-0.39, 0.29) is 24.4 Å². The maximum Gasteiger partial charge on any atom is 0.357 e. The van der Waals surface area contributed by atoms with Crippen LogP contribution in [-0.4, -0.2) is 17.6 Å². The van der Waals surface area contributed by atoms with E-state index >= 15 is 0 Å². The third kappa shape index (κ3) is 2.94. The van der Waals surface area contributed by atoms with Crippen molar-refractivity contribution < 1.29 is 22.7 Å². The fourth-order valence-electron chi connectivity index (χ4n) is 1.28. The zero-order chi connectivity index (χ0) is 13.0. The lowest BCUT2D eigenvalue weighted by atomic mass is 10.1. The predicted octanol–water partition coefficient (Wildman–Crippen LogP) is 1.79. The molecule has 1 aromatic rings. The molecule has 4 nitrogen and oxygen atoms in total. The van der Waals surface area contributed by atoms with Gasteiger partial charge in [0.15, 0.2) is 5.69 Å². The summed E-state index contributed by atoms with van der Waals surface area (Å²) in [5.41, 5.74) is 3.82. The van der Waals surface area contributed by atoms with Crippen molar-refractivity contribution in [1.29, 1.82) is 0 Å². The molecule has 0 amide bonds. The Kier molecular flexibility index (Phi) is 4.45. The number of nitrogens with zero attached hydrogens (tertiary/aromatic N) is 1. The first-order valence-electron chi connectivity index (χ1n) is 4.85. The Morgan fingerprint density at radius 3 is 2.71 bits per heavy atom. The molecule has 0 aliphatic heterocycles. The van der Waals surface area contributed by atoms with E-state index in [2.05, 4.69) is 9.72 Å². The van der Waals surface area contributed by atoms with Crippen LogP contribution in [0.15, 0.2) is 6.07 Å². The fraction of sp³-hybridized carbons (Fsp3) is 0.400. The summed E-state index contributed by atoms with van der Waals surface area (Å²) in [5, 5.41) is 0. The molecule has 0 radical (unpaired) electrons. The van der Waals surface area contributed by atoms with Crippen LogP contribution in [0.2, 0.25) is 0 Å². The summed E-state index contributed by atoms with van der Waals surface area (Å²) in [7, 11) is 0. The van der Waals surface area contributed by atoms with Gasteiger partial charge in [-0.1, -0.05) is 0 Å². The van der Waals surface area contributed by atoms with Crippen molar-refractivity contribution in [3.05, 3.63) is 28.8 Å². The minimum Gasteiger partial charge on any atom is -0.461 e. The Labute approximate surface area is 95.6 Å². The minimum absolute atomic E-state index is 0.0800. The molecule has 7 heteroatoms. The standard InChI is InChI=1S/C10H11F3N2O2/c1-2-17-10(16)6-3-5(4-14)7(8(11)12)9(13)15-6/h3,8H,2,4,14H2,1H3. The van der Waals surface area contributed by atoms with Crippen molar-refractivity contribution in [3.8, 4) is 0 Å². The highest BCUT2D eigenvalue weighted by Gasteiger charge is 2.22. The normalized spacial score (nSPS) is 10.7. The first-order chi connectivity index (χ1) is 8.01. The Bertz CT molecular complexity index is 424. The van der Waals surface area contributed by atoms with Crippen LogP contribution in [0.25, 0.3) is 0 Å². The van der Waals surface area contributed by atoms with Crippen LogP contribution in [0.3, 0.4) is 0 Å². The lowest BCUT2D eigenvalue weighted by Gasteiger charge is -2.09. The van der Waals surface area contributed by atoms with Gasteiger partial charge in [-0.3, -0.25) is 0 Å². The predicted molar refractivity (Wildman–Crippen MR) is 53.0 cm³/mol. The van der Waals surface area contributed by atoms with Gasteiger partial charge in [-0.15, -0.1) is 0 Å². The SMILES string of the molecule is CCOC(=O)c1cc(CN)c(C(F)F)c(F)n1. The quantitative estimate of drug-likeness (QED) is 0.651. The summed E-state index contributed by atoms with van der Waals surface area (Å²) in [6.45, 7) is 1.33. The molecule has 1 aromatic heterocycles. The largest absolute Gasteiger partial charge is 0.461 e. The number of ether oxygens (including phenoxy) is 1. The highest BCUT2D eigenvalue weighted by molar-refractivity contribution is 5.87. The van der Waals surface area contributed by atoms with Crippen LogP contribution in [0, 0.1) is 5.95 Å².